The molecule has 78 valence electrons. The normalized spacial score (nSPS) is 26.6. The van der Waals surface area contributed by atoms with E-state index in [4.69, 9.17) is 10.3 Å². The van der Waals surface area contributed by atoms with Crippen molar-refractivity contribution < 1.29 is 4.52 Å². The smallest absolute Gasteiger partial charge is 0.229 e. The third kappa shape index (κ3) is 1.95. The standard InChI is InChI=1S/C10H17N3O/c1-6(2)3-9-12-10(14-13-9)7-4-8(11)5-7/h6-8H,3-5,11H2,1-2H3. The lowest BCUT2D eigenvalue weighted by Gasteiger charge is -2.28. The fraction of sp³-hybridized carbons (Fsp3) is 0.800. The van der Waals surface area contributed by atoms with Crippen LogP contribution in [-0.4, -0.2) is 16.2 Å². The number of aromatic nitrogens is 2. The van der Waals surface area contributed by atoms with E-state index in [9.17, 15) is 0 Å². The molecule has 0 bridgehead atoms. The lowest BCUT2D eigenvalue weighted by atomic mass is 9.81. The van der Waals surface area contributed by atoms with Crippen molar-refractivity contribution in [3.63, 3.8) is 0 Å². The van der Waals surface area contributed by atoms with E-state index in [1.165, 1.54) is 0 Å². The van der Waals surface area contributed by atoms with Crippen molar-refractivity contribution in [1.29, 1.82) is 0 Å². The zero-order valence-corrected chi connectivity index (χ0v) is 8.73. The van der Waals surface area contributed by atoms with Gasteiger partial charge in [0.05, 0.1) is 0 Å². The first-order valence-corrected chi connectivity index (χ1v) is 5.23. The molecule has 2 rings (SSSR count). The minimum absolute atomic E-state index is 0.334. The highest BCUT2D eigenvalue weighted by molar-refractivity contribution is 5.02. The van der Waals surface area contributed by atoms with Crippen LogP contribution in [0.4, 0.5) is 0 Å². The highest BCUT2D eigenvalue weighted by Gasteiger charge is 2.31. The molecule has 4 nitrogen and oxygen atoms in total. The summed E-state index contributed by atoms with van der Waals surface area (Å²) >= 11 is 0. The minimum atomic E-state index is 0.334. The Kier molecular flexibility index (Phi) is 2.54. The molecule has 0 atom stereocenters. The van der Waals surface area contributed by atoms with Crippen LogP contribution >= 0.6 is 0 Å². The highest BCUT2D eigenvalue weighted by Crippen LogP contribution is 2.34. The van der Waals surface area contributed by atoms with Gasteiger partial charge in [-0.15, -0.1) is 0 Å². The van der Waals surface area contributed by atoms with E-state index in [-0.39, 0.29) is 0 Å². The molecule has 0 aromatic carbocycles. The Morgan fingerprint density at radius 1 is 1.50 bits per heavy atom. The van der Waals surface area contributed by atoms with Gasteiger partial charge in [0.15, 0.2) is 5.82 Å². The van der Waals surface area contributed by atoms with E-state index in [0.717, 1.165) is 31.0 Å². The summed E-state index contributed by atoms with van der Waals surface area (Å²) in [5, 5.41) is 3.96. The molecule has 1 heterocycles. The van der Waals surface area contributed by atoms with Crippen molar-refractivity contribution in [2.75, 3.05) is 0 Å². The lowest BCUT2D eigenvalue weighted by Crippen LogP contribution is -2.34. The third-order valence-electron chi connectivity index (χ3n) is 2.60. The Labute approximate surface area is 83.9 Å². The predicted molar refractivity (Wildman–Crippen MR) is 52.8 cm³/mol. The molecule has 1 aliphatic rings. The number of rotatable bonds is 3. The molecule has 1 aromatic heterocycles. The summed E-state index contributed by atoms with van der Waals surface area (Å²) < 4.78 is 5.20. The second-order valence-corrected chi connectivity index (χ2v) is 4.58. The first-order chi connectivity index (χ1) is 6.65. The molecule has 0 saturated heterocycles. The fourth-order valence-corrected chi connectivity index (χ4v) is 1.74. The van der Waals surface area contributed by atoms with Gasteiger partial charge < -0.3 is 10.3 Å². The van der Waals surface area contributed by atoms with Gasteiger partial charge in [-0.1, -0.05) is 19.0 Å². The summed E-state index contributed by atoms with van der Waals surface area (Å²) in [6, 6.07) is 0.334. The molecule has 0 radical (unpaired) electrons. The van der Waals surface area contributed by atoms with Gasteiger partial charge in [-0.25, -0.2) is 0 Å². The molecule has 1 saturated carbocycles. The van der Waals surface area contributed by atoms with Gasteiger partial charge in [-0.3, -0.25) is 0 Å². The Balaban J connectivity index is 1.96. The van der Waals surface area contributed by atoms with E-state index in [1.54, 1.807) is 0 Å². The summed E-state index contributed by atoms with van der Waals surface area (Å²) in [5.41, 5.74) is 5.70. The van der Waals surface area contributed by atoms with Crippen LogP contribution in [-0.2, 0) is 6.42 Å². The summed E-state index contributed by atoms with van der Waals surface area (Å²) in [6.45, 7) is 4.30. The summed E-state index contributed by atoms with van der Waals surface area (Å²) in [5.74, 6) is 2.60. The quantitative estimate of drug-likeness (QED) is 0.793. The monoisotopic (exact) mass is 195 g/mol. The van der Waals surface area contributed by atoms with Gasteiger partial charge in [0.25, 0.3) is 0 Å². The van der Waals surface area contributed by atoms with Crippen LogP contribution in [0.2, 0.25) is 0 Å². The lowest BCUT2D eigenvalue weighted by molar-refractivity contribution is 0.264. The van der Waals surface area contributed by atoms with Gasteiger partial charge in [0.1, 0.15) is 0 Å². The van der Waals surface area contributed by atoms with Crippen LogP contribution in [0.3, 0.4) is 0 Å². The van der Waals surface area contributed by atoms with Crippen molar-refractivity contribution in [3.8, 4) is 0 Å². The molecular weight excluding hydrogens is 178 g/mol. The molecule has 14 heavy (non-hydrogen) atoms. The molecule has 1 aliphatic carbocycles. The van der Waals surface area contributed by atoms with Crippen molar-refractivity contribution >= 4 is 0 Å². The minimum Gasteiger partial charge on any atom is -0.339 e. The first kappa shape index (κ1) is 9.65. The molecule has 1 aromatic rings. The summed E-state index contributed by atoms with van der Waals surface area (Å²) in [7, 11) is 0. The Hall–Kier alpha value is -0.900. The van der Waals surface area contributed by atoms with Crippen molar-refractivity contribution in [2.24, 2.45) is 11.7 Å². The molecule has 0 amide bonds. The van der Waals surface area contributed by atoms with Crippen molar-refractivity contribution in [2.45, 2.75) is 45.1 Å². The summed E-state index contributed by atoms with van der Waals surface area (Å²) in [6.07, 6.45) is 2.87. The molecular formula is C10H17N3O. The van der Waals surface area contributed by atoms with E-state index in [0.29, 0.717) is 17.9 Å². The van der Waals surface area contributed by atoms with Gasteiger partial charge in [0.2, 0.25) is 5.89 Å². The largest absolute Gasteiger partial charge is 0.339 e. The number of hydrogen-bond donors (Lipinski definition) is 1. The van der Waals surface area contributed by atoms with Crippen LogP contribution in [0.1, 0.15) is 44.3 Å². The highest BCUT2D eigenvalue weighted by atomic mass is 16.5. The number of nitrogens with two attached hydrogens (primary N) is 1. The Morgan fingerprint density at radius 3 is 2.79 bits per heavy atom. The van der Waals surface area contributed by atoms with Gasteiger partial charge in [-0.05, 0) is 18.8 Å². The molecule has 2 N–H and O–H groups in total. The van der Waals surface area contributed by atoms with E-state index < -0.39 is 0 Å². The van der Waals surface area contributed by atoms with Gasteiger partial charge >= 0.3 is 0 Å². The SMILES string of the molecule is CC(C)Cc1noc(C2CC(N)C2)n1. The van der Waals surface area contributed by atoms with Crippen molar-refractivity contribution in [3.05, 3.63) is 11.7 Å². The maximum absolute atomic E-state index is 5.70. The van der Waals surface area contributed by atoms with Crippen molar-refractivity contribution in [1.82, 2.24) is 10.1 Å². The van der Waals surface area contributed by atoms with Crippen LogP contribution in [0.15, 0.2) is 4.52 Å². The van der Waals surface area contributed by atoms with Crippen LogP contribution in [0, 0.1) is 5.92 Å². The van der Waals surface area contributed by atoms with E-state index in [1.807, 2.05) is 0 Å². The topological polar surface area (TPSA) is 64.9 Å². The second kappa shape index (κ2) is 3.69. The van der Waals surface area contributed by atoms with Crippen LogP contribution < -0.4 is 5.73 Å². The average molecular weight is 195 g/mol. The Morgan fingerprint density at radius 2 is 2.21 bits per heavy atom. The summed E-state index contributed by atoms with van der Waals surface area (Å²) in [4.78, 5) is 4.37. The molecule has 0 aliphatic heterocycles. The third-order valence-corrected chi connectivity index (χ3v) is 2.60. The van der Waals surface area contributed by atoms with E-state index in [2.05, 4.69) is 24.0 Å². The van der Waals surface area contributed by atoms with Crippen LogP contribution in [0.5, 0.6) is 0 Å². The molecule has 0 unspecified atom stereocenters. The van der Waals surface area contributed by atoms with Crippen LogP contribution in [0.25, 0.3) is 0 Å². The van der Waals surface area contributed by atoms with Gasteiger partial charge in [-0.2, -0.15) is 4.98 Å². The first-order valence-electron chi connectivity index (χ1n) is 5.23. The molecule has 4 heteroatoms. The number of nitrogens with zero attached hydrogens (tertiary/aromatic N) is 2. The Bertz CT molecular complexity index is 302. The zero-order valence-electron chi connectivity index (χ0n) is 8.73. The number of hydrogen-bond acceptors (Lipinski definition) is 4. The predicted octanol–water partition coefficient (Wildman–Crippen LogP) is 1.47. The fourth-order valence-electron chi connectivity index (χ4n) is 1.74. The van der Waals surface area contributed by atoms with Gasteiger partial charge in [0, 0.05) is 18.4 Å². The average Bonchev–Trinajstić information content (AvgIpc) is 2.46. The van der Waals surface area contributed by atoms with E-state index >= 15 is 0 Å². The zero-order chi connectivity index (χ0) is 10.1. The second-order valence-electron chi connectivity index (χ2n) is 4.58. The molecule has 1 fully saturated rings. The maximum Gasteiger partial charge on any atom is 0.229 e. The molecule has 0 spiro atoms. The maximum atomic E-state index is 5.70.